The molecule has 0 aliphatic heterocycles. The Morgan fingerprint density at radius 3 is 2.60 bits per heavy atom. The molecule has 1 heterocycles. The fourth-order valence-corrected chi connectivity index (χ4v) is 3.23. The molecule has 0 radical (unpaired) electrons. The Labute approximate surface area is 179 Å². The average Bonchev–Trinajstić information content (AvgIpc) is 3.07. The smallest absolute Gasteiger partial charge is 0.306 e. The number of benzene rings is 1. The number of esters is 1. The van der Waals surface area contributed by atoms with E-state index in [1.807, 2.05) is 0 Å². The van der Waals surface area contributed by atoms with E-state index in [-0.39, 0.29) is 30.3 Å². The first-order valence-electron chi connectivity index (χ1n) is 9.51. The number of carbonyl (C=O) groups is 3. The molecule has 0 aliphatic carbocycles. The highest BCUT2D eigenvalue weighted by Gasteiger charge is 2.18. The van der Waals surface area contributed by atoms with Crippen molar-refractivity contribution in [2.75, 3.05) is 18.9 Å². The third-order valence-corrected chi connectivity index (χ3v) is 4.75. The van der Waals surface area contributed by atoms with E-state index in [4.69, 9.17) is 4.74 Å². The first-order valence-corrected chi connectivity index (χ1v) is 10.4. The second kappa shape index (κ2) is 10.3. The minimum atomic E-state index is -0.616. The number of nitrogens with zero attached hydrogens (tertiary/aromatic N) is 2. The SMILES string of the molecule is CN(CCCC(=O)OC(C)(C)C)C(=O)Cc1csc(NC(=O)c2ccccc2F)n1. The predicted molar refractivity (Wildman–Crippen MR) is 113 cm³/mol. The third-order valence-electron chi connectivity index (χ3n) is 3.94. The van der Waals surface area contributed by atoms with E-state index in [2.05, 4.69) is 10.3 Å². The van der Waals surface area contributed by atoms with Crippen LogP contribution in [0.2, 0.25) is 0 Å². The molecule has 0 bridgehead atoms. The van der Waals surface area contributed by atoms with Gasteiger partial charge in [-0.3, -0.25) is 19.7 Å². The third kappa shape index (κ3) is 7.55. The van der Waals surface area contributed by atoms with Gasteiger partial charge < -0.3 is 9.64 Å². The fraction of sp³-hybridized carbons (Fsp3) is 0.429. The molecule has 0 atom stereocenters. The summed E-state index contributed by atoms with van der Waals surface area (Å²) in [6, 6.07) is 5.67. The van der Waals surface area contributed by atoms with E-state index in [0.29, 0.717) is 23.8 Å². The Hall–Kier alpha value is -2.81. The number of anilines is 1. The largest absolute Gasteiger partial charge is 0.460 e. The number of aromatic nitrogens is 1. The highest BCUT2D eigenvalue weighted by atomic mass is 32.1. The Kier molecular flexibility index (Phi) is 8.05. The van der Waals surface area contributed by atoms with Crippen molar-refractivity contribution in [2.45, 2.75) is 45.6 Å². The molecule has 0 fully saturated rings. The standard InChI is InChI=1S/C21H26FN3O4S/c1-21(2,3)29-18(27)10-7-11-25(4)17(26)12-14-13-30-20(23-14)24-19(28)15-8-5-6-9-16(15)22/h5-6,8-9,13H,7,10-12H2,1-4H3,(H,23,24,28). The maximum Gasteiger partial charge on any atom is 0.306 e. The van der Waals surface area contributed by atoms with Crippen LogP contribution in [0.1, 0.15) is 49.7 Å². The predicted octanol–water partition coefficient (Wildman–Crippen LogP) is 3.66. The molecule has 2 aromatic rings. The normalized spacial score (nSPS) is 11.1. The zero-order valence-corrected chi connectivity index (χ0v) is 18.3. The summed E-state index contributed by atoms with van der Waals surface area (Å²) >= 11 is 1.16. The first-order chi connectivity index (χ1) is 14.0. The zero-order chi connectivity index (χ0) is 22.3. The number of carbonyl (C=O) groups excluding carboxylic acids is 3. The molecule has 2 rings (SSSR count). The summed E-state index contributed by atoms with van der Waals surface area (Å²) in [5.41, 5.74) is -0.0918. The fourth-order valence-electron chi connectivity index (χ4n) is 2.52. The van der Waals surface area contributed by atoms with Crippen LogP contribution in [0.5, 0.6) is 0 Å². The van der Waals surface area contributed by atoms with Crippen molar-refractivity contribution in [1.29, 1.82) is 0 Å². The van der Waals surface area contributed by atoms with E-state index in [0.717, 1.165) is 11.3 Å². The summed E-state index contributed by atoms with van der Waals surface area (Å²) in [6.07, 6.45) is 0.797. The van der Waals surface area contributed by atoms with Gasteiger partial charge in [0.15, 0.2) is 5.13 Å². The maximum absolute atomic E-state index is 13.7. The molecule has 2 amide bonds. The number of amides is 2. The highest BCUT2D eigenvalue weighted by molar-refractivity contribution is 7.14. The number of thiazole rings is 1. The molecule has 1 aromatic heterocycles. The Bertz CT molecular complexity index is 908. The molecular formula is C21H26FN3O4S. The van der Waals surface area contributed by atoms with Crippen molar-refractivity contribution in [1.82, 2.24) is 9.88 Å². The molecule has 0 aliphatic rings. The lowest BCUT2D eigenvalue weighted by atomic mass is 10.2. The number of hydrogen-bond donors (Lipinski definition) is 1. The van der Waals surface area contributed by atoms with Gasteiger partial charge in [0.2, 0.25) is 5.91 Å². The lowest BCUT2D eigenvalue weighted by molar-refractivity contribution is -0.155. The van der Waals surface area contributed by atoms with Crippen LogP contribution in [-0.4, -0.2) is 46.9 Å². The van der Waals surface area contributed by atoms with Gasteiger partial charge in [-0.2, -0.15) is 0 Å². The van der Waals surface area contributed by atoms with Crippen LogP contribution in [0.3, 0.4) is 0 Å². The Morgan fingerprint density at radius 1 is 1.23 bits per heavy atom. The van der Waals surface area contributed by atoms with Gasteiger partial charge in [-0.05, 0) is 39.3 Å². The van der Waals surface area contributed by atoms with Crippen molar-refractivity contribution in [3.63, 3.8) is 0 Å². The van der Waals surface area contributed by atoms with E-state index in [1.54, 1.807) is 39.3 Å². The van der Waals surface area contributed by atoms with Crippen molar-refractivity contribution in [3.8, 4) is 0 Å². The van der Waals surface area contributed by atoms with Gasteiger partial charge in [0.25, 0.3) is 5.91 Å². The Balaban J connectivity index is 1.80. The van der Waals surface area contributed by atoms with Crippen molar-refractivity contribution in [2.24, 2.45) is 0 Å². The van der Waals surface area contributed by atoms with E-state index in [9.17, 15) is 18.8 Å². The van der Waals surface area contributed by atoms with Gasteiger partial charge in [0, 0.05) is 25.4 Å². The maximum atomic E-state index is 13.7. The summed E-state index contributed by atoms with van der Waals surface area (Å²) in [7, 11) is 1.66. The lowest BCUT2D eigenvalue weighted by Gasteiger charge is -2.20. The average molecular weight is 436 g/mol. The van der Waals surface area contributed by atoms with E-state index < -0.39 is 17.3 Å². The summed E-state index contributed by atoms with van der Waals surface area (Å²) < 4.78 is 18.9. The summed E-state index contributed by atoms with van der Waals surface area (Å²) in [5, 5.41) is 4.50. The van der Waals surface area contributed by atoms with E-state index in [1.165, 1.54) is 23.1 Å². The number of likely N-dealkylation sites (N-methyl/N-ethyl adjacent to an activating group) is 1. The van der Waals surface area contributed by atoms with Crippen molar-refractivity contribution < 1.29 is 23.5 Å². The van der Waals surface area contributed by atoms with Gasteiger partial charge in [-0.25, -0.2) is 9.37 Å². The molecule has 0 saturated heterocycles. The zero-order valence-electron chi connectivity index (χ0n) is 17.5. The van der Waals surface area contributed by atoms with Crippen molar-refractivity contribution in [3.05, 3.63) is 46.7 Å². The second-order valence-electron chi connectivity index (χ2n) is 7.76. The number of rotatable bonds is 8. The Morgan fingerprint density at radius 2 is 1.93 bits per heavy atom. The van der Waals surface area contributed by atoms with Gasteiger partial charge in [0.1, 0.15) is 11.4 Å². The summed E-state index contributed by atoms with van der Waals surface area (Å²) in [4.78, 5) is 42.0. The molecule has 1 N–H and O–H groups in total. The second-order valence-corrected chi connectivity index (χ2v) is 8.62. The van der Waals surface area contributed by atoms with Gasteiger partial charge in [0.05, 0.1) is 17.7 Å². The molecule has 0 unspecified atom stereocenters. The first kappa shape index (κ1) is 23.5. The van der Waals surface area contributed by atoms with Crippen LogP contribution >= 0.6 is 11.3 Å². The van der Waals surface area contributed by atoms with Crippen LogP contribution in [0, 0.1) is 5.82 Å². The number of halogens is 1. The number of hydrogen-bond acceptors (Lipinski definition) is 6. The molecule has 0 saturated carbocycles. The summed E-state index contributed by atoms with van der Waals surface area (Å²) in [5.74, 6) is -1.66. The molecule has 0 spiro atoms. The quantitative estimate of drug-likeness (QED) is 0.640. The number of ether oxygens (including phenoxy) is 1. The molecule has 162 valence electrons. The number of nitrogens with one attached hydrogen (secondary N) is 1. The molecule has 7 nitrogen and oxygen atoms in total. The molecule has 30 heavy (non-hydrogen) atoms. The molecule has 1 aromatic carbocycles. The van der Waals surface area contributed by atoms with Gasteiger partial charge in [-0.1, -0.05) is 12.1 Å². The van der Waals surface area contributed by atoms with Crippen LogP contribution < -0.4 is 5.32 Å². The monoisotopic (exact) mass is 435 g/mol. The van der Waals surface area contributed by atoms with Crippen LogP contribution in [-0.2, 0) is 20.7 Å². The van der Waals surface area contributed by atoms with E-state index >= 15 is 0 Å². The minimum Gasteiger partial charge on any atom is -0.460 e. The molecule has 9 heteroatoms. The topological polar surface area (TPSA) is 88.6 Å². The molecular weight excluding hydrogens is 409 g/mol. The summed E-state index contributed by atoms with van der Waals surface area (Å²) in [6.45, 7) is 5.84. The minimum absolute atomic E-state index is 0.0645. The van der Waals surface area contributed by atoms with Crippen molar-refractivity contribution >= 4 is 34.3 Å². The van der Waals surface area contributed by atoms with Crippen LogP contribution in [0.25, 0.3) is 0 Å². The van der Waals surface area contributed by atoms with Crippen LogP contribution in [0.15, 0.2) is 29.6 Å². The van der Waals surface area contributed by atoms with Gasteiger partial charge in [-0.15, -0.1) is 11.3 Å². The van der Waals surface area contributed by atoms with Gasteiger partial charge >= 0.3 is 5.97 Å². The highest BCUT2D eigenvalue weighted by Crippen LogP contribution is 2.18. The van der Waals surface area contributed by atoms with Crippen LogP contribution in [0.4, 0.5) is 9.52 Å². The lowest BCUT2D eigenvalue weighted by Crippen LogP contribution is -2.30.